The molecule has 0 aliphatic carbocycles. The number of hydrogen-bond acceptors (Lipinski definition) is 7. The number of amides is 1. The largest absolute Gasteiger partial charge is 0.510 e. The Morgan fingerprint density at radius 1 is 1.19 bits per heavy atom. The number of fused-ring (bicyclic) bond motifs is 1. The van der Waals surface area contributed by atoms with Crippen LogP contribution in [-0.2, 0) is 16.0 Å². The smallest absolute Gasteiger partial charge is 0.451 e. The highest BCUT2D eigenvalue weighted by molar-refractivity contribution is 5.96. The van der Waals surface area contributed by atoms with Crippen LogP contribution >= 0.6 is 0 Å². The number of pyridine rings is 1. The molecular weight excluding hydrogens is 416 g/mol. The molecule has 0 N–H and O–H groups in total. The van der Waals surface area contributed by atoms with Gasteiger partial charge in [-0.05, 0) is 19.9 Å². The van der Waals surface area contributed by atoms with E-state index in [1.165, 1.54) is 27.9 Å². The first-order valence-corrected chi connectivity index (χ1v) is 9.32. The minimum Gasteiger partial charge on any atom is -0.451 e. The van der Waals surface area contributed by atoms with Crippen molar-refractivity contribution in [3.8, 4) is 5.75 Å². The lowest BCUT2D eigenvalue weighted by atomic mass is 10.2. The number of rotatable bonds is 6. The van der Waals surface area contributed by atoms with E-state index >= 15 is 0 Å². The molecule has 0 fully saturated rings. The van der Waals surface area contributed by atoms with Crippen LogP contribution in [0.5, 0.6) is 5.75 Å². The Bertz CT molecular complexity index is 1060. The van der Waals surface area contributed by atoms with Crippen molar-refractivity contribution in [1.82, 2.24) is 9.58 Å². The fourth-order valence-electron chi connectivity index (χ4n) is 3.09. The topological polar surface area (TPSA) is 90.3 Å². The quantitative estimate of drug-likeness (QED) is 0.506. The summed E-state index contributed by atoms with van der Waals surface area (Å²) in [4.78, 5) is 38.1. The number of carbonyl (C=O) groups excluding carboxylic acids is 2. The van der Waals surface area contributed by atoms with Crippen molar-refractivity contribution in [2.75, 3.05) is 25.6 Å². The minimum absolute atomic E-state index is 0.0173. The van der Waals surface area contributed by atoms with Crippen LogP contribution in [0.1, 0.15) is 29.9 Å². The Hall–Kier alpha value is -3.63. The molecule has 2 heterocycles. The average Bonchev–Trinajstić information content (AvgIpc) is 2.72. The molecule has 31 heavy (non-hydrogen) atoms. The fourth-order valence-corrected chi connectivity index (χ4v) is 3.09. The summed E-state index contributed by atoms with van der Waals surface area (Å²) in [5.74, 6) is -2.26. The number of nitrogens with zero attached hydrogens (tertiary/aromatic N) is 3. The SMILES string of the molecule is COC(=O)OCOc1c2n(ccc1=O)N(Cc1ccc(F)cc1F)CN(C(C)C)C2=O. The Morgan fingerprint density at radius 2 is 1.94 bits per heavy atom. The van der Waals surface area contributed by atoms with Crippen molar-refractivity contribution in [2.24, 2.45) is 0 Å². The molecule has 0 atom stereocenters. The Balaban J connectivity index is 2.01. The van der Waals surface area contributed by atoms with E-state index < -0.39 is 35.9 Å². The first kappa shape index (κ1) is 22.1. The van der Waals surface area contributed by atoms with Crippen LogP contribution in [0, 0.1) is 11.6 Å². The van der Waals surface area contributed by atoms with Crippen LogP contribution in [0.2, 0.25) is 0 Å². The molecule has 1 aliphatic rings. The minimum atomic E-state index is -1.02. The Labute approximate surface area is 176 Å². The molecule has 0 saturated heterocycles. The molecule has 166 valence electrons. The van der Waals surface area contributed by atoms with Crippen LogP contribution < -0.4 is 15.2 Å². The number of hydrogen-bond donors (Lipinski definition) is 0. The van der Waals surface area contributed by atoms with Gasteiger partial charge in [-0.25, -0.2) is 13.6 Å². The van der Waals surface area contributed by atoms with Gasteiger partial charge in [0.05, 0.1) is 13.7 Å². The van der Waals surface area contributed by atoms with Crippen molar-refractivity contribution in [3.63, 3.8) is 0 Å². The molecule has 1 aromatic heterocycles. The second-order valence-electron chi connectivity index (χ2n) is 6.97. The van der Waals surface area contributed by atoms with Crippen molar-refractivity contribution in [2.45, 2.75) is 26.4 Å². The molecule has 1 aliphatic heterocycles. The summed E-state index contributed by atoms with van der Waals surface area (Å²) in [7, 11) is 1.11. The predicted octanol–water partition coefficient (Wildman–Crippen LogP) is 2.21. The van der Waals surface area contributed by atoms with Gasteiger partial charge >= 0.3 is 6.16 Å². The first-order chi connectivity index (χ1) is 14.7. The third-order valence-corrected chi connectivity index (χ3v) is 4.66. The van der Waals surface area contributed by atoms with Crippen molar-refractivity contribution < 1.29 is 32.6 Å². The van der Waals surface area contributed by atoms with Gasteiger partial charge in [-0.3, -0.25) is 19.3 Å². The van der Waals surface area contributed by atoms with Gasteiger partial charge in [0.15, 0.2) is 5.69 Å². The number of carbonyl (C=O) groups is 2. The molecule has 0 radical (unpaired) electrons. The summed E-state index contributed by atoms with van der Waals surface area (Å²) in [5.41, 5.74) is -0.518. The molecule has 0 unspecified atom stereocenters. The van der Waals surface area contributed by atoms with Crippen molar-refractivity contribution in [3.05, 3.63) is 63.6 Å². The Morgan fingerprint density at radius 3 is 2.58 bits per heavy atom. The zero-order valence-corrected chi connectivity index (χ0v) is 17.1. The van der Waals surface area contributed by atoms with Gasteiger partial charge in [-0.2, -0.15) is 0 Å². The molecule has 11 heteroatoms. The van der Waals surface area contributed by atoms with Crippen LogP contribution in [-0.4, -0.2) is 48.3 Å². The van der Waals surface area contributed by atoms with Gasteiger partial charge < -0.3 is 19.1 Å². The zero-order chi connectivity index (χ0) is 22.7. The van der Waals surface area contributed by atoms with Crippen LogP contribution in [0.3, 0.4) is 0 Å². The van der Waals surface area contributed by atoms with E-state index in [2.05, 4.69) is 9.47 Å². The van der Waals surface area contributed by atoms with Crippen molar-refractivity contribution >= 4 is 12.1 Å². The summed E-state index contributed by atoms with van der Waals surface area (Å²) in [6, 6.07) is 4.14. The number of benzene rings is 1. The molecular formula is C20H21F2N3O6. The molecule has 2 aromatic rings. The van der Waals surface area contributed by atoms with Gasteiger partial charge in [0.1, 0.15) is 18.3 Å². The van der Waals surface area contributed by atoms with Gasteiger partial charge in [0, 0.05) is 29.9 Å². The molecule has 3 rings (SSSR count). The van der Waals surface area contributed by atoms with E-state index in [-0.39, 0.29) is 36.3 Å². The van der Waals surface area contributed by atoms with Crippen LogP contribution in [0.15, 0.2) is 35.3 Å². The normalized spacial score (nSPS) is 13.3. The lowest BCUT2D eigenvalue weighted by Gasteiger charge is -2.41. The monoisotopic (exact) mass is 437 g/mol. The summed E-state index contributed by atoms with van der Waals surface area (Å²) < 4.78 is 43.2. The second kappa shape index (κ2) is 9.02. The maximum Gasteiger partial charge on any atom is 0.510 e. The van der Waals surface area contributed by atoms with E-state index in [0.717, 1.165) is 19.2 Å². The third kappa shape index (κ3) is 4.60. The highest BCUT2D eigenvalue weighted by Crippen LogP contribution is 2.24. The van der Waals surface area contributed by atoms with Gasteiger partial charge in [0.25, 0.3) is 5.91 Å². The molecule has 1 amide bonds. The number of ether oxygens (including phenoxy) is 3. The highest BCUT2D eigenvalue weighted by atomic mass is 19.1. The number of methoxy groups -OCH3 is 1. The number of halogens is 2. The summed E-state index contributed by atoms with van der Waals surface area (Å²) >= 11 is 0. The number of aromatic nitrogens is 1. The maximum atomic E-state index is 14.2. The highest BCUT2D eigenvalue weighted by Gasteiger charge is 2.34. The van der Waals surface area contributed by atoms with Gasteiger partial charge in [-0.15, -0.1) is 0 Å². The fraction of sp³-hybridized carbons (Fsp3) is 0.350. The van der Waals surface area contributed by atoms with Gasteiger partial charge in [0.2, 0.25) is 18.0 Å². The van der Waals surface area contributed by atoms with E-state index in [0.29, 0.717) is 0 Å². The Kier molecular flexibility index (Phi) is 6.42. The molecule has 1 aromatic carbocycles. The van der Waals surface area contributed by atoms with Crippen LogP contribution in [0.4, 0.5) is 13.6 Å². The average molecular weight is 437 g/mol. The first-order valence-electron chi connectivity index (χ1n) is 9.32. The van der Waals surface area contributed by atoms with Crippen LogP contribution in [0.25, 0.3) is 0 Å². The van der Waals surface area contributed by atoms with E-state index in [1.807, 2.05) is 0 Å². The van der Waals surface area contributed by atoms with E-state index in [1.54, 1.807) is 18.9 Å². The molecule has 0 saturated carbocycles. The summed E-state index contributed by atoms with van der Waals surface area (Å²) in [5, 5.41) is 1.60. The molecule has 9 nitrogen and oxygen atoms in total. The maximum absolute atomic E-state index is 14.2. The summed E-state index contributed by atoms with van der Waals surface area (Å²) in [6.07, 6.45) is 0.344. The van der Waals surface area contributed by atoms with Gasteiger partial charge in [-0.1, -0.05) is 6.07 Å². The lowest BCUT2D eigenvalue weighted by Crippen LogP contribution is -2.56. The molecule has 0 bridgehead atoms. The summed E-state index contributed by atoms with van der Waals surface area (Å²) in [6.45, 7) is 2.98. The standard InChI is InChI=1S/C20H21F2N3O6/c1-12(2)24-10-23(9-13-4-5-14(21)8-15(13)22)25-7-6-16(26)18(17(25)19(24)27)30-11-31-20(28)29-3/h4-8,12H,9-11H2,1-3H3. The third-order valence-electron chi connectivity index (χ3n) is 4.66. The predicted molar refractivity (Wildman–Crippen MR) is 104 cm³/mol. The molecule has 0 spiro atoms. The lowest BCUT2D eigenvalue weighted by molar-refractivity contribution is 0.0133. The van der Waals surface area contributed by atoms with E-state index in [4.69, 9.17) is 4.74 Å². The second-order valence-corrected chi connectivity index (χ2v) is 6.97. The van der Waals surface area contributed by atoms with E-state index in [9.17, 15) is 23.2 Å². The zero-order valence-electron chi connectivity index (χ0n) is 17.1. The van der Waals surface area contributed by atoms with Crippen molar-refractivity contribution in [1.29, 1.82) is 0 Å².